The van der Waals surface area contributed by atoms with Crippen molar-refractivity contribution in [1.29, 1.82) is 0 Å². The Morgan fingerprint density at radius 1 is 1.23 bits per heavy atom. The number of aromatic nitrogens is 3. The summed E-state index contributed by atoms with van der Waals surface area (Å²) in [5, 5.41) is 9.79. The molecule has 0 fully saturated rings. The summed E-state index contributed by atoms with van der Waals surface area (Å²) in [7, 11) is 5.21. The van der Waals surface area contributed by atoms with Crippen LogP contribution in [0.2, 0.25) is 0 Å². The fourth-order valence-corrected chi connectivity index (χ4v) is 1.99. The number of carbonyl (C=O) groups excluding carboxylic acids is 1. The number of nitrogens with one attached hydrogen (secondary N) is 2. The van der Waals surface area contributed by atoms with E-state index in [2.05, 4.69) is 20.5 Å². The molecule has 3 aromatic rings. The number of carbonyl (C=O) groups is 1. The van der Waals surface area contributed by atoms with Gasteiger partial charge in [0, 0.05) is 17.4 Å². The monoisotopic (exact) mass is 292 g/mol. The molecule has 0 atom stereocenters. The predicted octanol–water partition coefficient (Wildman–Crippen LogP) is 2.66. The first-order valence-corrected chi connectivity index (χ1v) is 6.45. The maximum Gasteiger partial charge on any atom is 0.177 e. The quantitative estimate of drug-likeness (QED) is 0.725. The van der Waals surface area contributed by atoms with Crippen LogP contribution in [0.3, 0.4) is 0 Å². The Balaban J connectivity index is 1.95. The molecule has 0 aliphatic rings. The zero-order valence-electron chi connectivity index (χ0n) is 11.4. The van der Waals surface area contributed by atoms with Gasteiger partial charge in [-0.1, -0.05) is 0 Å². The molecule has 106 valence electrons. The third-order valence-electron chi connectivity index (χ3n) is 3.06. The number of rotatable bonds is 4. The maximum atomic E-state index is 13.0. The summed E-state index contributed by atoms with van der Waals surface area (Å²) in [6.07, 6.45) is 3.24. The summed E-state index contributed by atoms with van der Waals surface area (Å²) in [6, 6.07) is 9.27. The minimum Gasteiger partial charge on any atom is -0.354 e. The third-order valence-corrected chi connectivity index (χ3v) is 3.06. The number of halogens is 1. The van der Waals surface area contributed by atoms with Gasteiger partial charge in [-0.25, -0.2) is 4.39 Å². The Morgan fingerprint density at radius 3 is 2.68 bits per heavy atom. The first kappa shape index (κ1) is 14.0. The SMILES string of the molecule is [B]C(=O)c1cc(-c2ccncc2Nc2ccc(F)cc2)n[nH]1. The lowest BCUT2D eigenvalue weighted by Crippen LogP contribution is -1.96. The van der Waals surface area contributed by atoms with E-state index in [-0.39, 0.29) is 11.5 Å². The number of H-pyrrole nitrogens is 1. The van der Waals surface area contributed by atoms with Gasteiger partial charge in [-0.3, -0.25) is 10.1 Å². The van der Waals surface area contributed by atoms with Crippen LogP contribution in [0.4, 0.5) is 15.8 Å². The van der Waals surface area contributed by atoms with Crippen molar-refractivity contribution >= 4 is 24.9 Å². The summed E-state index contributed by atoms with van der Waals surface area (Å²) in [4.78, 5) is 15.2. The van der Waals surface area contributed by atoms with E-state index in [1.54, 1.807) is 36.7 Å². The van der Waals surface area contributed by atoms with Crippen LogP contribution in [0.1, 0.15) is 10.5 Å². The van der Waals surface area contributed by atoms with Gasteiger partial charge in [-0.15, -0.1) is 0 Å². The van der Waals surface area contributed by atoms with Crippen LogP contribution in [-0.4, -0.2) is 28.7 Å². The van der Waals surface area contributed by atoms with Crippen molar-refractivity contribution in [1.82, 2.24) is 15.2 Å². The van der Waals surface area contributed by atoms with Crippen LogP contribution in [0, 0.1) is 5.82 Å². The Morgan fingerprint density at radius 2 is 2.00 bits per heavy atom. The van der Waals surface area contributed by atoms with Crippen molar-refractivity contribution < 1.29 is 9.18 Å². The number of anilines is 2. The summed E-state index contributed by atoms with van der Waals surface area (Å²) in [6.45, 7) is 0. The lowest BCUT2D eigenvalue weighted by molar-refractivity contribution is 0.107. The van der Waals surface area contributed by atoms with E-state index >= 15 is 0 Å². The second kappa shape index (κ2) is 5.81. The van der Waals surface area contributed by atoms with Crippen molar-refractivity contribution in [2.75, 3.05) is 5.32 Å². The van der Waals surface area contributed by atoms with Gasteiger partial charge in [0.2, 0.25) is 0 Å². The molecule has 0 aliphatic carbocycles. The van der Waals surface area contributed by atoms with Crippen LogP contribution < -0.4 is 5.32 Å². The third kappa shape index (κ3) is 2.88. The highest BCUT2D eigenvalue weighted by atomic mass is 19.1. The van der Waals surface area contributed by atoms with Crippen LogP contribution in [0.5, 0.6) is 0 Å². The molecule has 0 unspecified atom stereocenters. The molecule has 7 heteroatoms. The fraction of sp³-hybridized carbons (Fsp3) is 0. The van der Waals surface area contributed by atoms with Gasteiger partial charge in [-0.2, -0.15) is 5.10 Å². The molecule has 0 amide bonds. The largest absolute Gasteiger partial charge is 0.354 e. The Hall–Kier alpha value is -2.96. The van der Waals surface area contributed by atoms with E-state index in [1.807, 2.05) is 0 Å². The molecule has 2 N–H and O–H groups in total. The molecule has 5 nitrogen and oxygen atoms in total. The van der Waals surface area contributed by atoms with Crippen molar-refractivity contribution in [3.05, 3.63) is 60.3 Å². The number of nitrogens with zero attached hydrogens (tertiary/aromatic N) is 2. The first-order valence-electron chi connectivity index (χ1n) is 6.45. The van der Waals surface area contributed by atoms with Gasteiger partial charge < -0.3 is 10.1 Å². The minimum absolute atomic E-state index is 0.222. The molecule has 3 rings (SSSR count). The summed E-state index contributed by atoms with van der Waals surface area (Å²) in [5.41, 5.74) is 2.32. The van der Waals surface area contributed by atoms with E-state index < -0.39 is 5.68 Å². The van der Waals surface area contributed by atoms with Crippen molar-refractivity contribution in [3.8, 4) is 11.3 Å². The average Bonchev–Trinajstić information content (AvgIpc) is 3.00. The molecule has 22 heavy (non-hydrogen) atoms. The van der Waals surface area contributed by atoms with Gasteiger partial charge in [0.15, 0.2) is 7.85 Å². The Bertz CT molecular complexity index is 816. The van der Waals surface area contributed by atoms with E-state index in [0.717, 1.165) is 5.56 Å². The number of benzene rings is 1. The Kier molecular flexibility index (Phi) is 3.70. The van der Waals surface area contributed by atoms with Gasteiger partial charge in [-0.05, 0) is 36.4 Å². The summed E-state index contributed by atoms with van der Waals surface area (Å²) >= 11 is 0. The standard InChI is InChI=1S/C15H10BFN4O/c16-15(22)13-7-12(20-21-13)11-5-6-18-8-14(11)19-10-3-1-9(17)2-4-10/h1-8,19H,(H,20,21). The lowest BCUT2D eigenvalue weighted by Gasteiger charge is -2.09. The highest BCUT2D eigenvalue weighted by molar-refractivity contribution is 6.62. The molecular formula is C15H10BFN4O. The van der Waals surface area contributed by atoms with E-state index in [0.29, 0.717) is 17.1 Å². The normalized spacial score (nSPS) is 10.4. The number of hydrogen-bond donors (Lipinski definition) is 2. The van der Waals surface area contributed by atoms with Crippen LogP contribution in [-0.2, 0) is 0 Å². The van der Waals surface area contributed by atoms with Crippen LogP contribution in [0.15, 0.2) is 48.8 Å². The topological polar surface area (TPSA) is 70.7 Å². The van der Waals surface area contributed by atoms with Crippen LogP contribution >= 0.6 is 0 Å². The molecule has 2 radical (unpaired) electrons. The van der Waals surface area contributed by atoms with Gasteiger partial charge >= 0.3 is 0 Å². The molecule has 0 spiro atoms. The zero-order valence-corrected chi connectivity index (χ0v) is 11.4. The average molecular weight is 292 g/mol. The molecule has 0 saturated heterocycles. The lowest BCUT2D eigenvalue weighted by atomic mass is 9.99. The number of hydrogen-bond acceptors (Lipinski definition) is 4. The molecule has 0 saturated carbocycles. The molecule has 2 aromatic heterocycles. The number of pyridine rings is 1. The highest BCUT2D eigenvalue weighted by Crippen LogP contribution is 2.28. The van der Waals surface area contributed by atoms with Gasteiger partial charge in [0.05, 0.1) is 23.3 Å². The summed E-state index contributed by atoms with van der Waals surface area (Å²) < 4.78 is 13.0. The molecule has 0 bridgehead atoms. The zero-order chi connectivity index (χ0) is 15.5. The highest BCUT2D eigenvalue weighted by Gasteiger charge is 2.11. The second-order valence-corrected chi connectivity index (χ2v) is 4.58. The summed E-state index contributed by atoms with van der Waals surface area (Å²) in [5.74, 6) is -0.310. The Labute approximate surface area is 127 Å². The van der Waals surface area contributed by atoms with E-state index in [1.165, 1.54) is 12.1 Å². The maximum absolute atomic E-state index is 13.0. The van der Waals surface area contributed by atoms with Gasteiger partial charge in [0.1, 0.15) is 11.5 Å². The first-order chi connectivity index (χ1) is 10.6. The smallest absolute Gasteiger partial charge is 0.177 e. The van der Waals surface area contributed by atoms with Gasteiger partial charge in [0.25, 0.3) is 0 Å². The molecule has 1 aromatic carbocycles. The van der Waals surface area contributed by atoms with Crippen molar-refractivity contribution in [2.24, 2.45) is 0 Å². The van der Waals surface area contributed by atoms with E-state index in [9.17, 15) is 9.18 Å². The number of aromatic amines is 1. The second-order valence-electron chi connectivity index (χ2n) is 4.58. The fourth-order valence-electron chi connectivity index (χ4n) is 1.99. The van der Waals surface area contributed by atoms with Crippen LogP contribution in [0.25, 0.3) is 11.3 Å². The molecule has 0 aliphatic heterocycles. The van der Waals surface area contributed by atoms with Crippen molar-refractivity contribution in [3.63, 3.8) is 0 Å². The minimum atomic E-state index is -0.583. The molecular weight excluding hydrogens is 282 g/mol. The van der Waals surface area contributed by atoms with Crippen molar-refractivity contribution in [2.45, 2.75) is 0 Å². The predicted molar refractivity (Wildman–Crippen MR) is 81.6 cm³/mol. The molecule has 2 heterocycles. The van der Waals surface area contributed by atoms with E-state index in [4.69, 9.17) is 7.85 Å².